The van der Waals surface area contributed by atoms with Crippen LogP contribution in [0.2, 0.25) is 0 Å². The lowest BCUT2D eigenvalue weighted by Gasteiger charge is -2.08. The highest BCUT2D eigenvalue weighted by molar-refractivity contribution is 7.99. The Balaban J connectivity index is 2.60. The molecule has 0 aliphatic heterocycles. The molecule has 7 heteroatoms. The third-order valence-corrected chi connectivity index (χ3v) is 4.11. The minimum Gasteiger partial charge on any atom is -0.284 e. The number of aromatic nitrogens is 2. The molecule has 1 aromatic rings. The van der Waals surface area contributed by atoms with Gasteiger partial charge in [-0.15, -0.1) is 0 Å². The van der Waals surface area contributed by atoms with Gasteiger partial charge in [0.15, 0.2) is 0 Å². The van der Waals surface area contributed by atoms with Crippen LogP contribution in [0.5, 0.6) is 0 Å². The number of rotatable bonds is 5. The topological polar surface area (TPSA) is 74.8 Å². The Kier molecular flexibility index (Phi) is 3.97. The van der Waals surface area contributed by atoms with E-state index in [1.54, 1.807) is 11.8 Å². The molecule has 1 atom stereocenters. The van der Waals surface area contributed by atoms with E-state index in [-0.39, 0.29) is 10.1 Å². The average Bonchev–Trinajstić information content (AvgIpc) is 2.67. The summed E-state index contributed by atoms with van der Waals surface area (Å²) in [6, 6.07) is 0. The molecular formula is C7H13N3O2S2. The van der Waals surface area contributed by atoms with Gasteiger partial charge >= 0.3 is 0 Å². The molecule has 0 aliphatic rings. The Morgan fingerprint density at radius 1 is 1.71 bits per heavy atom. The fourth-order valence-electron chi connectivity index (χ4n) is 0.780. The number of nitrogens with zero attached hydrogens (tertiary/aromatic N) is 1. The summed E-state index contributed by atoms with van der Waals surface area (Å²) in [4.78, 5) is 0.172. The fraction of sp³-hybridized carbons (Fsp3) is 0.571. The average molecular weight is 235 g/mol. The second-order valence-electron chi connectivity index (χ2n) is 2.83. The van der Waals surface area contributed by atoms with Crippen molar-refractivity contribution in [2.45, 2.75) is 17.1 Å². The van der Waals surface area contributed by atoms with Crippen molar-refractivity contribution in [2.75, 3.05) is 12.8 Å². The summed E-state index contributed by atoms with van der Waals surface area (Å²) in [6.45, 7) is 2.39. The summed E-state index contributed by atoms with van der Waals surface area (Å²) in [6.07, 6.45) is 4.58. The standard InChI is InChI=1S/C7H13N3O2S2/c1-6(13-2)3-10-14(11,12)7-4-8-9-5-7/h4-6,10H,3H2,1-2H3,(H,8,9). The van der Waals surface area contributed by atoms with Gasteiger partial charge in [-0.2, -0.15) is 16.9 Å². The van der Waals surface area contributed by atoms with Crippen LogP contribution in [0.25, 0.3) is 0 Å². The SMILES string of the molecule is CSC(C)CNS(=O)(=O)c1cn[nH]c1. The highest BCUT2D eigenvalue weighted by Gasteiger charge is 2.15. The Morgan fingerprint density at radius 2 is 2.43 bits per heavy atom. The van der Waals surface area contributed by atoms with Crippen LogP contribution in [-0.2, 0) is 10.0 Å². The molecule has 0 amide bonds. The first-order valence-corrected chi connectivity index (χ1v) is 6.84. The summed E-state index contributed by atoms with van der Waals surface area (Å²) >= 11 is 1.61. The van der Waals surface area contributed by atoms with Gasteiger partial charge in [0.05, 0.1) is 6.20 Å². The number of hydrogen-bond acceptors (Lipinski definition) is 4. The van der Waals surface area contributed by atoms with Crippen molar-refractivity contribution in [3.05, 3.63) is 12.4 Å². The molecule has 1 unspecified atom stereocenters. The minimum absolute atomic E-state index is 0.172. The molecule has 0 bridgehead atoms. The van der Waals surface area contributed by atoms with Gasteiger partial charge < -0.3 is 0 Å². The molecule has 0 fully saturated rings. The maximum Gasteiger partial charge on any atom is 0.243 e. The number of H-pyrrole nitrogens is 1. The van der Waals surface area contributed by atoms with Crippen molar-refractivity contribution < 1.29 is 8.42 Å². The Bertz CT molecular complexity index is 360. The molecule has 0 spiro atoms. The molecule has 14 heavy (non-hydrogen) atoms. The summed E-state index contributed by atoms with van der Waals surface area (Å²) in [7, 11) is -3.38. The zero-order chi connectivity index (χ0) is 10.6. The second kappa shape index (κ2) is 4.81. The van der Waals surface area contributed by atoms with Crippen LogP contribution >= 0.6 is 11.8 Å². The van der Waals surface area contributed by atoms with Crippen molar-refractivity contribution in [3.63, 3.8) is 0 Å². The van der Waals surface area contributed by atoms with E-state index in [1.165, 1.54) is 12.4 Å². The van der Waals surface area contributed by atoms with Crippen molar-refractivity contribution in [2.24, 2.45) is 0 Å². The van der Waals surface area contributed by atoms with Crippen LogP contribution in [0.3, 0.4) is 0 Å². The van der Waals surface area contributed by atoms with E-state index in [0.29, 0.717) is 6.54 Å². The predicted molar refractivity (Wildman–Crippen MR) is 56.8 cm³/mol. The molecule has 0 aromatic carbocycles. The van der Waals surface area contributed by atoms with Gasteiger partial charge in [0.25, 0.3) is 0 Å². The van der Waals surface area contributed by atoms with Crippen molar-refractivity contribution >= 4 is 21.8 Å². The summed E-state index contributed by atoms with van der Waals surface area (Å²) in [5.41, 5.74) is 0. The molecule has 1 heterocycles. The van der Waals surface area contributed by atoms with Gasteiger partial charge in [0.2, 0.25) is 10.0 Å². The maximum absolute atomic E-state index is 11.5. The van der Waals surface area contributed by atoms with E-state index in [9.17, 15) is 8.42 Å². The van der Waals surface area contributed by atoms with Crippen molar-refractivity contribution in [3.8, 4) is 0 Å². The van der Waals surface area contributed by atoms with Crippen LogP contribution in [0.4, 0.5) is 0 Å². The van der Waals surface area contributed by atoms with Crippen LogP contribution in [0.15, 0.2) is 17.3 Å². The molecular weight excluding hydrogens is 222 g/mol. The van der Waals surface area contributed by atoms with Crippen LogP contribution in [0, 0.1) is 0 Å². The normalized spacial score (nSPS) is 14.1. The third-order valence-electron chi connectivity index (χ3n) is 1.75. The van der Waals surface area contributed by atoms with E-state index in [4.69, 9.17) is 0 Å². The lowest BCUT2D eigenvalue weighted by molar-refractivity contribution is 0.581. The number of thioether (sulfide) groups is 1. The fourth-order valence-corrected chi connectivity index (χ4v) is 2.17. The van der Waals surface area contributed by atoms with Crippen LogP contribution in [-0.4, -0.2) is 36.7 Å². The summed E-state index contributed by atoms with van der Waals surface area (Å²) < 4.78 is 25.6. The lowest BCUT2D eigenvalue weighted by Crippen LogP contribution is -2.29. The molecule has 1 aromatic heterocycles. The summed E-state index contributed by atoms with van der Waals surface area (Å²) in [5, 5.41) is 6.31. The predicted octanol–water partition coefficient (Wildman–Crippen LogP) is 0.440. The molecule has 1 rings (SSSR count). The molecule has 0 radical (unpaired) electrons. The lowest BCUT2D eigenvalue weighted by atomic mass is 10.5. The third kappa shape index (κ3) is 3.00. The van der Waals surface area contributed by atoms with Gasteiger partial charge in [0, 0.05) is 18.0 Å². The Labute approximate surface area is 87.7 Å². The number of sulfonamides is 1. The zero-order valence-corrected chi connectivity index (χ0v) is 9.65. The molecule has 0 saturated carbocycles. The van der Waals surface area contributed by atoms with Gasteiger partial charge in [-0.05, 0) is 6.26 Å². The smallest absolute Gasteiger partial charge is 0.243 e. The Morgan fingerprint density at radius 3 is 2.93 bits per heavy atom. The van der Waals surface area contributed by atoms with E-state index in [0.717, 1.165) is 0 Å². The largest absolute Gasteiger partial charge is 0.284 e. The van der Waals surface area contributed by atoms with Crippen LogP contribution < -0.4 is 4.72 Å². The molecule has 0 saturated heterocycles. The molecule has 5 nitrogen and oxygen atoms in total. The maximum atomic E-state index is 11.5. The van der Waals surface area contributed by atoms with Crippen molar-refractivity contribution in [1.29, 1.82) is 0 Å². The Hall–Kier alpha value is -0.530. The quantitative estimate of drug-likeness (QED) is 0.776. The van der Waals surface area contributed by atoms with E-state index >= 15 is 0 Å². The number of nitrogens with one attached hydrogen (secondary N) is 2. The van der Waals surface area contributed by atoms with Gasteiger partial charge in [-0.25, -0.2) is 13.1 Å². The summed E-state index contributed by atoms with van der Waals surface area (Å²) in [5.74, 6) is 0. The van der Waals surface area contributed by atoms with E-state index in [2.05, 4.69) is 14.9 Å². The zero-order valence-electron chi connectivity index (χ0n) is 8.02. The first kappa shape index (κ1) is 11.5. The minimum atomic E-state index is -3.38. The molecule has 80 valence electrons. The number of aromatic amines is 1. The van der Waals surface area contributed by atoms with Crippen molar-refractivity contribution in [1.82, 2.24) is 14.9 Å². The van der Waals surface area contributed by atoms with Gasteiger partial charge in [-0.1, -0.05) is 6.92 Å². The molecule has 0 aliphatic carbocycles. The molecule has 2 N–H and O–H groups in total. The highest BCUT2D eigenvalue weighted by atomic mass is 32.2. The monoisotopic (exact) mass is 235 g/mol. The van der Waals surface area contributed by atoms with Gasteiger partial charge in [0.1, 0.15) is 4.90 Å². The van der Waals surface area contributed by atoms with E-state index < -0.39 is 10.0 Å². The van der Waals surface area contributed by atoms with Crippen LogP contribution in [0.1, 0.15) is 6.92 Å². The van der Waals surface area contributed by atoms with Gasteiger partial charge in [-0.3, -0.25) is 5.10 Å². The second-order valence-corrected chi connectivity index (χ2v) is 5.88. The first-order valence-electron chi connectivity index (χ1n) is 4.07. The number of hydrogen-bond donors (Lipinski definition) is 2. The van der Waals surface area contributed by atoms with E-state index in [1.807, 2.05) is 13.2 Å². The first-order chi connectivity index (χ1) is 6.56. The highest BCUT2D eigenvalue weighted by Crippen LogP contribution is 2.07.